The number of halogens is 1. The molecule has 2 unspecified atom stereocenters. The highest BCUT2D eigenvalue weighted by Crippen LogP contribution is 2.38. The Morgan fingerprint density at radius 1 is 1.20 bits per heavy atom. The van der Waals surface area contributed by atoms with Gasteiger partial charge in [0.2, 0.25) is 12.3 Å². The first kappa shape index (κ1) is 30.5. The fourth-order valence-corrected chi connectivity index (χ4v) is 6.06. The molecule has 2 aliphatic rings. The molecule has 3 heterocycles. The minimum atomic E-state index is -0.0868. The summed E-state index contributed by atoms with van der Waals surface area (Å²) in [6.45, 7) is 15.4. The quantitative estimate of drug-likeness (QED) is 0.198. The third-order valence-corrected chi connectivity index (χ3v) is 8.23. The van der Waals surface area contributed by atoms with Gasteiger partial charge in [0.1, 0.15) is 11.7 Å². The average molecular weight is 581 g/mol. The number of hydrogen-bond acceptors (Lipinski definition) is 6. The molecular formula is C31H41ClN6O3. The summed E-state index contributed by atoms with van der Waals surface area (Å²) in [5, 5.41) is 0.483. The van der Waals surface area contributed by atoms with Gasteiger partial charge in [-0.25, -0.2) is 4.98 Å². The molecule has 2 fully saturated rings. The van der Waals surface area contributed by atoms with Crippen LogP contribution in [-0.4, -0.2) is 91.5 Å². The number of hydrogen-bond donors (Lipinski definition) is 0. The maximum atomic E-state index is 13.0. The van der Waals surface area contributed by atoms with E-state index in [0.29, 0.717) is 67.5 Å². The van der Waals surface area contributed by atoms with Crippen LogP contribution in [0.4, 0.5) is 17.3 Å². The van der Waals surface area contributed by atoms with Crippen molar-refractivity contribution in [2.75, 3.05) is 56.2 Å². The van der Waals surface area contributed by atoms with E-state index in [1.807, 2.05) is 12.1 Å². The number of benzene rings is 1. The SMILES string of the molecule is C=CC(=O)N1CCN(/C(=N/C)c2cc(Cl)c(N3CCOCC3C)nc2N(C=O)c2c(CC)cccc2CC)C(C)C1. The van der Waals surface area contributed by atoms with Crippen LogP contribution in [0.2, 0.25) is 5.02 Å². The number of piperazine rings is 1. The Hall–Kier alpha value is -3.43. The fourth-order valence-electron chi connectivity index (χ4n) is 5.80. The lowest BCUT2D eigenvalue weighted by molar-refractivity contribution is -0.128. The number of anilines is 3. The van der Waals surface area contributed by atoms with Crippen LogP contribution in [0.15, 0.2) is 41.9 Å². The number of pyridine rings is 1. The van der Waals surface area contributed by atoms with Gasteiger partial charge in [0.25, 0.3) is 0 Å². The van der Waals surface area contributed by atoms with Crippen molar-refractivity contribution in [2.45, 2.75) is 52.6 Å². The molecule has 0 saturated carbocycles. The second kappa shape index (κ2) is 13.5. The van der Waals surface area contributed by atoms with Gasteiger partial charge in [-0.2, -0.15) is 0 Å². The van der Waals surface area contributed by atoms with Crippen molar-refractivity contribution in [3.05, 3.63) is 58.6 Å². The first-order valence-electron chi connectivity index (χ1n) is 14.3. The van der Waals surface area contributed by atoms with E-state index in [1.165, 1.54) is 6.08 Å². The van der Waals surface area contributed by atoms with E-state index in [-0.39, 0.29) is 18.0 Å². The number of amidine groups is 1. The second-order valence-corrected chi connectivity index (χ2v) is 10.9. The normalized spacial score (nSPS) is 19.8. The molecule has 2 atom stereocenters. The maximum Gasteiger partial charge on any atom is 0.246 e. The second-order valence-electron chi connectivity index (χ2n) is 10.5. The molecule has 1 aromatic carbocycles. The maximum absolute atomic E-state index is 13.0. The molecule has 41 heavy (non-hydrogen) atoms. The van der Waals surface area contributed by atoms with Crippen molar-refractivity contribution < 1.29 is 14.3 Å². The third-order valence-electron chi connectivity index (χ3n) is 7.96. The standard InChI is InChI=1S/C31H41ClN6O3/c1-7-23-11-10-12-24(8-2)28(23)38(20-39)30-25(17-26(32)31(34-30)37-15-16-41-19-22(37)5)29(33-6)36-14-13-35(18-21(36)4)27(40)9-3/h9-12,17,20-22H,3,7-8,13-16,18-19H2,1-2,4-6H3/b33-29+. The van der Waals surface area contributed by atoms with E-state index in [9.17, 15) is 9.59 Å². The van der Waals surface area contributed by atoms with Crippen molar-refractivity contribution >= 4 is 47.1 Å². The molecule has 0 N–H and O–H groups in total. The number of amides is 2. The number of aliphatic imine (C=N–C) groups is 1. The molecule has 220 valence electrons. The third kappa shape index (κ3) is 6.11. The molecule has 2 saturated heterocycles. The molecule has 9 nitrogen and oxygen atoms in total. The van der Waals surface area contributed by atoms with E-state index in [2.05, 4.69) is 56.2 Å². The molecule has 2 aromatic rings. The highest BCUT2D eigenvalue weighted by Gasteiger charge is 2.33. The van der Waals surface area contributed by atoms with Crippen LogP contribution in [0.3, 0.4) is 0 Å². The van der Waals surface area contributed by atoms with Gasteiger partial charge in [-0.05, 0) is 50.0 Å². The Kier molecular flexibility index (Phi) is 10.0. The smallest absolute Gasteiger partial charge is 0.246 e. The van der Waals surface area contributed by atoms with Gasteiger partial charge >= 0.3 is 0 Å². The summed E-state index contributed by atoms with van der Waals surface area (Å²) >= 11 is 6.98. The van der Waals surface area contributed by atoms with Crippen LogP contribution in [0.25, 0.3) is 0 Å². The van der Waals surface area contributed by atoms with Crippen LogP contribution >= 0.6 is 11.6 Å². The summed E-state index contributed by atoms with van der Waals surface area (Å²) in [6.07, 6.45) is 3.71. The molecule has 2 amide bonds. The summed E-state index contributed by atoms with van der Waals surface area (Å²) in [5.41, 5.74) is 3.62. The van der Waals surface area contributed by atoms with Crippen molar-refractivity contribution in [3.63, 3.8) is 0 Å². The zero-order valence-electron chi connectivity index (χ0n) is 24.8. The predicted octanol–water partition coefficient (Wildman–Crippen LogP) is 4.47. The van der Waals surface area contributed by atoms with Gasteiger partial charge in [0.05, 0.1) is 35.5 Å². The number of morpholine rings is 1. The summed E-state index contributed by atoms with van der Waals surface area (Å²) in [5.74, 6) is 1.68. The Labute approximate surface area is 248 Å². The largest absolute Gasteiger partial charge is 0.377 e. The molecule has 0 radical (unpaired) electrons. The van der Waals surface area contributed by atoms with E-state index >= 15 is 0 Å². The molecule has 10 heteroatoms. The summed E-state index contributed by atoms with van der Waals surface area (Å²) in [6, 6.07) is 8.06. The van der Waals surface area contributed by atoms with Crippen LogP contribution in [0.1, 0.15) is 44.4 Å². The lowest BCUT2D eigenvalue weighted by atomic mass is 10.0. The number of rotatable bonds is 8. The van der Waals surface area contributed by atoms with Crippen LogP contribution < -0.4 is 9.80 Å². The van der Waals surface area contributed by atoms with Gasteiger partial charge in [-0.1, -0.05) is 50.2 Å². The van der Waals surface area contributed by atoms with Gasteiger partial charge in [-0.15, -0.1) is 0 Å². The number of aryl methyl sites for hydroxylation is 2. The van der Waals surface area contributed by atoms with Crippen molar-refractivity contribution in [1.29, 1.82) is 0 Å². The van der Waals surface area contributed by atoms with Crippen molar-refractivity contribution in [3.8, 4) is 0 Å². The Morgan fingerprint density at radius 3 is 2.46 bits per heavy atom. The average Bonchev–Trinajstić information content (AvgIpc) is 2.99. The van der Waals surface area contributed by atoms with E-state index in [1.54, 1.807) is 16.8 Å². The van der Waals surface area contributed by atoms with Crippen LogP contribution in [0.5, 0.6) is 0 Å². The fraction of sp³-hybridized carbons (Fsp3) is 0.484. The monoisotopic (exact) mass is 580 g/mol. The minimum Gasteiger partial charge on any atom is -0.377 e. The molecule has 0 bridgehead atoms. The molecule has 0 aliphatic carbocycles. The molecule has 2 aliphatic heterocycles. The van der Waals surface area contributed by atoms with E-state index < -0.39 is 0 Å². The number of nitrogens with zero attached hydrogens (tertiary/aromatic N) is 6. The number of para-hydroxylation sites is 1. The predicted molar refractivity (Wildman–Crippen MR) is 166 cm³/mol. The molecule has 1 aromatic heterocycles. The Morgan fingerprint density at radius 2 is 1.90 bits per heavy atom. The topological polar surface area (TPSA) is 81.6 Å². The van der Waals surface area contributed by atoms with Crippen LogP contribution in [-0.2, 0) is 27.2 Å². The Bertz CT molecular complexity index is 1290. The van der Waals surface area contributed by atoms with Gasteiger partial charge < -0.3 is 19.4 Å². The van der Waals surface area contributed by atoms with E-state index in [0.717, 1.165) is 36.1 Å². The van der Waals surface area contributed by atoms with Crippen molar-refractivity contribution in [2.24, 2.45) is 4.99 Å². The Balaban J connectivity index is 1.90. The lowest BCUT2D eigenvalue weighted by Gasteiger charge is -2.42. The first-order chi connectivity index (χ1) is 19.8. The lowest BCUT2D eigenvalue weighted by Crippen LogP contribution is -2.55. The molecule has 0 spiro atoms. The highest BCUT2D eigenvalue weighted by molar-refractivity contribution is 6.33. The highest BCUT2D eigenvalue weighted by atomic mass is 35.5. The number of carbonyl (C=O) groups is 2. The number of aromatic nitrogens is 1. The molecule has 4 rings (SSSR count). The zero-order chi connectivity index (χ0) is 29.7. The summed E-state index contributed by atoms with van der Waals surface area (Å²) in [4.78, 5) is 43.0. The van der Waals surface area contributed by atoms with Gasteiger partial charge in [0, 0.05) is 39.3 Å². The van der Waals surface area contributed by atoms with E-state index in [4.69, 9.17) is 26.3 Å². The van der Waals surface area contributed by atoms with Gasteiger partial charge in [-0.3, -0.25) is 19.5 Å². The first-order valence-corrected chi connectivity index (χ1v) is 14.7. The number of carbonyl (C=O) groups excluding carboxylic acids is 2. The summed E-state index contributed by atoms with van der Waals surface area (Å²) < 4.78 is 5.67. The zero-order valence-corrected chi connectivity index (χ0v) is 25.5. The summed E-state index contributed by atoms with van der Waals surface area (Å²) in [7, 11) is 1.74. The molecular weight excluding hydrogens is 540 g/mol. The van der Waals surface area contributed by atoms with Gasteiger partial charge in [0.15, 0.2) is 5.82 Å². The van der Waals surface area contributed by atoms with Crippen molar-refractivity contribution in [1.82, 2.24) is 14.8 Å². The minimum absolute atomic E-state index is 0.0317. The number of ether oxygens (including phenoxy) is 1. The van der Waals surface area contributed by atoms with Crippen LogP contribution in [0, 0.1) is 0 Å².